The van der Waals surface area contributed by atoms with Gasteiger partial charge in [0.2, 0.25) is 10.0 Å². The number of hydrogen-bond donors (Lipinski definition) is 1. The summed E-state index contributed by atoms with van der Waals surface area (Å²) in [5.74, 6) is 0. The summed E-state index contributed by atoms with van der Waals surface area (Å²) in [6, 6.07) is 15.8. The largest absolute Gasteiger partial charge is 0.397 e. The first-order valence-electron chi connectivity index (χ1n) is 6.74. The molecule has 0 atom stereocenters. The van der Waals surface area contributed by atoms with E-state index in [-0.39, 0.29) is 0 Å². The van der Waals surface area contributed by atoms with Crippen LogP contribution in [0.15, 0.2) is 48.5 Å². The van der Waals surface area contributed by atoms with E-state index in [0.717, 1.165) is 24.7 Å². The summed E-state index contributed by atoms with van der Waals surface area (Å²) < 4.78 is 24.3. The van der Waals surface area contributed by atoms with Crippen LogP contribution in [0.3, 0.4) is 0 Å². The Balaban J connectivity index is 2.12. The van der Waals surface area contributed by atoms with E-state index in [4.69, 9.17) is 5.73 Å². The highest BCUT2D eigenvalue weighted by Crippen LogP contribution is 2.25. The Kier molecular flexibility index (Phi) is 4.53. The van der Waals surface area contributed by atoms with Crippen molar-refractivity contribution in [2.75, 3.05) is 23.3 Å². The quantitative estimate of drug-likeness (QED) is 0.863. The molecule has 21 heavy (non-hydrogen) atoms. The number of nitrogens with zero attached hydrogens (tertiary/aromatic N) is 1. The second-order valence-corrected chi connectivity index (χ2v) is 7.12. The third kappa shape index (κ3) is 3.98. The van der Waals surface area contributed by atoms with Gasteiger partial charge in [-0.3, -0.25) is 4.31 Å². The van der Waals surface area contributed by atoms with Crippen molar-refractivity contribution in [1.82, 2.24) is 0 Å². The van der Waals surface area contributed by atoms with Gasteiger partial charge in [-0.25, -0.2) is 8.42 Å². The van der Waals surface area contributed by atoms with Crippen molar-refractivity contribution >= 4 is 21.4 Å². The van der Waals surface area contributed by atoms with Crippen molar-refractivity contribution < 1.29 is 8.42 Å². The monoisotopic (exact) mass is 304 g/mol. The molecule has 2 aromatic rings. The van der Waals surface area contributed by atoms with Gasteiger partial charge in [-0.2, -0.15) is 0 Å². The maximum Gasteiger partial charge on any atom is 0.232 e. The fourth-order valence-corrected chi connectivity index (χ4v) is 2.68. The summed E-state index contributed by atoms with van der Waals surface area (Å²) in [6.07, 6.45) is 2.97. The van der Waals surface area contributed by atoms with E-state index in [0.29, 0.717) is 11.4 Å². The van der Waals surface area contributed by atoms with E-state index in [1.807, 2.05) is 30.3 Å². The molecule has 0 unspecified atom stereocenters. The van der Waals surface area contributed by atoms with Gasteiger partial charge in [-0.1, -0.05) is 36.4 Å². The first-order chi connectivity index (χ1) is 9.88. The van der Waals surface area contributed by atoms with Gasteiger partial charge < -0.3 is 5.73 Å². The van der Waals surface area contributed by atoms with E-state index in [9.17, 15) is 8.42 Å². The minimum Gasteiger partial charge on any atom is -0.397 e. The lowest BCUT2D eigenvalue weighted by molar-refractivity contribution is 0.600. The summed E-state index contributed by atoms with van der Waals surface area (Å²) in [4.78, 5) is 0. The Morgan fingerprint density at radius 2 is 1.62 bits per heavy atom. The first-order valence-corrected chi connectivity index (χ1v) is 8.59. The van der Waals surface area contributed by atoms with E-state index in [1.54, 1.807) is 6.07 Å². The van der Waals surface area contributed by atoms with Crippen molar-refractivity contribution in [2.24, 2.45) is 0 Å². The Bertz CT molecular complexity index is 712. The zero-order valence-electron chi connectivity index (χ0n) is 12.3. The molecule has 0 saturated carbocycles. The smallest absolute Gasteiger partial charge is 0.232 e. The van der Waals surface area contributed by atoms with Crippen LogP contribution in [-0.4, -0.2) is 21.7 Å². The van der Waals surface area contributed by atoms with Gasteiger partial charge in [0.1, 0.15) is 0 Å². The van der Waals surface area contributed by atoms with Crippen molar-refractivity contribution in [1.29, 1.82) is 0 Å². The molecule has 0 heterocycles. The van der Waals surface area contributed by atoms with Crippen LogP contribution < -0.4 is 10.0 Å². The molecule has 4 nitrogen and oxygen atoms in total. The molecule has 2 rings (SSSR count). The van der Waals surface area contributed by atoms with E-state index >= 15 is 0 Å². The van der Waals surface area contributed by atoms with Gasteiger partial charge in [0.15, 0.2) is 0 Å². The maximum absolute atomic E-state index is 11.5. The molecular formula is C16H20N2O2S. The summed E-state index contributed by atoms with van der Waals surface area (Å²) in [7, 11) is -1.79. The highest BCUT2D eigenvalue weighted by atomic mass is 32.2. The molecule has 0 aliphatic carbocycles. The second-order valence-electron chi connectivity index (χ2n) is 5.11. The molecule has 0 bridgehead atoms. The zero-order chi connectivity index (χ0) is 15.5. The van der Waals surface area contributed by atoms with Crippen LogP contribution in [0.25, 0.3) is 0 Å². The van der Waals surface area contributed by atoms with Gasteiger partial charge >= 0.3 is 0 Å². The molecule has 0 fully saturated rings. The van der Waals surface area contributed by atoms with Gasteiger partial charge in [0, 0.05) is 7.05 Å². The van der Waals surface area contributed by atoms with Crippen molar-refractivity contribution in [3.8, 4) is 0 Å². The lowest BCUT2D eigenvalue weighted by Gasteiger charge is -2.19. The van der Waals surface area contributed by atoms with Crippen molar-refractivity contribution in [3.05, 3.63) is 59.7 Å². The van der Waals surface area contributed by atoms with Crippen LogP contribution in [0.5, 0.6) is 0 Å². The van der Waals surface area contributed by atoms with Crippen LogP contribution >= 0.6 is 0 Å². The molecule has 2 aromatic carbocycles. The third-order valence-electron chi connectivity index (χ3n) is 3.47. The lowest BCUT2D eigenvalue weighted by Crippen LogP contribution is -2.25. The number of aryl methyl sites for hydroxylation is 2. The number of nitrogen functional groups attached to an aromatic ring is 1. The Morgan fingerprint density at radius 3 is 2.19 bits per heavy atom. The standard InChI is InChI=1S/C16H20N2O2S/c1-18(21(2,19)20)16-11-10-14(12-15(16)17)9-8-13-6-4-3-5-7-13/h3-7,10-12H,8-9,17H2,1-2H3. The number of anilines is 2. The normalized spacial score (nSPS) is 11.3. The summed E-state index contributed by atoms with van der Waals surface area (Å²) in [5, 5.41) is 0. The predicted octanol–water partition coefficient (Wildman–Crippen LogP) is 2.45. The third-order valence-corrected chi connectivity index (χ3v) is 4.67. The molecule has 0 aliphatic heterocycles. The fraction of sp³-hybridized carbons (Fsp3) is 0.250. The van der Waals surface area contributed by atoms with Crippen LogP contribution in [0, 0.1) is 0 Å². The van der Waals surface area contributed by atoms with Crippen LogP contribution in [0.1, 0.15) is 11.1 Å². The van der Waals surface area contributed by atoms with Crippen LogP contribution in [0.2, 0.25) is 0 Å². The summed E-state index contributed by atoms with van der Waals surface area (Å²) >= 11 is 0. The first kappa shape index (κ1) is 15.4. The second kappa shape index (κ2) is 6.18. The Labute approximate surface area is 126 Å². The molecule has 112 valence electrons. The average Bonchev–Trinajstić information content (AvgIpc) is 2.45. The molecule has 0 radical (unpaired) electrons. The summed E-state index contributed by atoms with van der Waals surface area (Å²) in [6.45, 7) is 0. The minimum absolute atomic E-state index is 0.480. The average molecular weight is 304 g/mol. The van der Waals surface area contributed by atoms with E-state index < -0.39 is 10.0 Å². The SMILES string of the molecule is CN(c1ccc(CCc2ccccc2)cc1N)S(C)(=O)=O. The number of sulfonamides is 1. The summed E-state index contributed by atoms with van der Waals surface area (Å²) in [5.41, 5.74) is 9.35. The number of benzene rings is 2. The van der Waals surface area contributed by atoms with Crippen molar-refractivity contribution in [3.63, 3.8) is 0 Å². The predicted molar refractivity (Wildman–Crippen MR) is 88.0 cm³/mol. The molecule has 0 amide bonds. The highest BCUT2D eigenvalue weighted by Gasteiger charge is 2.14. The fourth-order valence-electron chi connectivity index (χ4n) is 2.16. The molecule has 0 aliphatic rings. The van der Waals surface area contributed by atoms with Gasteiger partial charge in [0.25, 0.3) is 0 Å². The lowest BCUT2D eigenvalue weighted by atomic mass is 10.0. The molecule has 0 spiro atoms. The van der Waals surface area contributed by atoms with Gasteiger partial charge in [-0.15, -0.1) is 0 Å². The number of hydrogen-bond acceptors (Lipinski definition) is 3. The van der Waals surface area contributed by atoms with E-state index in [1.165, 1.54) is 16.9 Å². The zero-order valence-corrected chi connectivity index (χ0v) is 13.1. The number of nitrogens with two attached hydrogens (primary N) is 1. The maximum atomic E-state index is 11.5. The Hall–Kier alpha value is -2.01. The highest BCUT2D eigenvalue weighted by molar-refractivity contribution is 7.92. The molecule has 2 N–H and O–H groups in total. The molecule has 0 saturated heterocycles. The number of rotatable bonds is 5. The van der Waals surface area contributed by atoms with Crippen LogP contribution in [0.4, 0.5) is 11.4 Å². The Morgan fingerprint density at radius 1 is 1.00 bits per heavy atom. The van der Waals surface area contributed by atoms with E-state index in [2.05, 4.69) is 12.1 Å². The minimum atomic E-state index is -3.29. The van der Waals surface area contributed by atoms with Gasteiger partial charge in [0.05, 0.1) is 17.6 Å². The van der Waals surface area contributed by atoms with Crippen LogP contribution in [-0.2, 0) is 22.9 Å². The van der Waals surface area contributed by atoms with Gasteiger partial charge in [-0.05, 0) is 36.1 Å². The molecular weight excluding hydrogens is 284 g/mol. The van der Waals surface area contributed by atoms with Crippen molar-refractivity contribution in [2.45, 2.75) is 12.8 Å². The molecule has 0 aromatic heterocycles. The topological polar surface area (TPSA) is 63.4 Å². The molecule has 5 heteroatoms.